The first-order valence-corrected chi connectivity index (χ1v) is 8.32. The minimum absolute atomic E-state index is 0.0339. The zero-order valence-corrected chi connectivity index (χ0v) is 13.1. The fourth-order valence-electron chi connectivity index (χ4n) is 2.05. The zero-order valence-electron chi connectivity index (χ0n) is 12.3. The van der Waals surface area contributed by atoms with Crippen LogP contribution in [0.15, 0.2) is 41.8 Å². The number of carboxylic acid groups (broad SMARTS) is 1. The largest absolute Gasteiger partial charge is 0.481 e. The molecule has 0 fully saturated rings. The van der Waals surface area contributed by atoms with E-state index in [1.54, 1.807) is 4.57 Å². The van der Waals surface area contributed by atoms with Crippen LogP contribution in [0.4, 0.5) is 4.39 Å². The van der Waals surface area contributed by atoms with Crippen LogP contribution in [0, 0.1) is 5.82 Å². The van der Waals surface area contributed by atoms with Gasteiger partial charge in [0.25, 0.3) is 10.0 Å². The molecule has 0 bridgehead atoms. The molecule has 0 aliphatic carbocycles. The van der Waals surface area contributed by atoms with Crippen molar-refractivity contribution in [1.29, 1.82) is 0 Å². The number of benzene rings is 1. The topological polar surface area (TPSA) is 101 Å². The highest BCUT2D eigenvalue weighted by atomic mass is 32.2. The van der Waals surface area contributed by atoms with Crippen molar-refractivity contribution in [3.8, 4) is 0 Å². The third kappa shape index (κ3) is 4.14. The molecule has 0 amide bonds. The second-order valence-corrected chi connectivity index (χ2v) is 6.50. The number of rotatable bonds is 7. The van der Waals surface area contributed by atoms with Crippen molar-refractivity contribution in [2.75, 3.05) is 0 Å². The lowest BCUT2D eigenvalue weighted by atomic mass is 10.0. The Hall–Kier alpha value is -2.26. The Morgan fingerprint density at radius 3 is 2.70 bits per heavy atom. The van der Waals surface area contributed by atoms with E-state index in [2.05, 4.69) is 9.71 Å². The summed E-state index contributed by atoms with van der Waals surface area (Å²) in [6.45, 7) is 2.35. The quantitative estimate of drug-likeness (QED) is 0.795. The summed E-state index contributed by atoms with van der Waals surface area (Å²) in [5.41, 5.74) is -0.0339. The normalized spacial score (nSPS) is 13.0. The van der Waals surface area contributed by atoms with Crippen LogP contribution in [0.2, 0.25) is 0 Å². The van der Waals surface area contributed by atoms with Crippen molar-refractivity contribution in [2.24, 2.45) is 0 Å². The van der Waals surface area contributed by atoms with Crippen LogP contribution in [0.1, 0.15) is 24.9 Å². The maximum atomic E-state index is 13.9. The van der Waals surface area contributed by atoms with Gasteiger partial charge < -0.3 is 9.67 Å². The fraction of sp³-hybridized carbons (Fsp3) is 0.286. The summed E-state index contributed by atoms with van der Waals surface area (Å²) in [6, 6.07) is 4.20. The second kappa shape index (κ2) is 6.88. The highest BCUT2D eigenvalue weighted by molar-refractivity contribution is 7.89. The third-order valence-electron chi connectivity index (χ3n) is 3.21. The molecule has 2 aromatic rings. The van der Waals surface area contributed by atoms with E-state index in [4.69, 9.17) is 5.11 Å². The van der Waals surface area contributed by atoms with E-state index in [9.17, 15) is 17.6 Å². The number of aryl methyl sites for hydroxylation is 1. The van der Waals surface area contributed by atoms with Crippen LogP contribution in [-0.2, 0) is 21.4 Å². The molecule has 2 N–H and O–H groups in total. The van der Waals surface area contributed by atoms with Gasteiger partial charge in [-0.15, -0.1) is 0 Å². The summed E-state index contributed by atoms with van der Waals surface area (Å²) in [5.74, 6) is -1.93. The minimum atomic E-state index is -4.07. The number of aromatic nitrogens is 2. The summed E-state index contributed by atoms with van der Waals surface area (Å²) in [7, 11) is -4.07. The Kier molecular flexibility index (Phi) is 5.12. The molecule has 1 heterocycles. The molecule has 124 valence electrons. The van der Waals surface area contributed by atoms with Gasteiger partial charge in [-0.25, -0.2) is 22.5 Å². The van der Waals surface area contributed by atoms with Gasteiger partial charge in [0.1, 0.15) is 5.82 Å². The Bertz CT molecular complexity index is 804. The molecule has 1 aromatic carbocycles. The minimum Gasteiger partial charge on any atom is -0.481 e. The van der Waals surface area contributed by atoms with Crippen LogP contribution >= 0.6 is 0 Å². The van der Waals surface area contributed by atoms with E-state index in [1.165, 1.54) is 30.7 Å². The number of nitrogens with one attached hydrogen (secondary N) is 1. The Morgan fingerprint density at radius 2 is 2.13 bits per heavy atom. The Morgan fingerprint density at radius 1 is 1.43 bits per heavy atom. The van der Waals surface area contributed by atoms with Gasteiger partial charge in [0.15, 0.2) is 5.03 Å². The molecule has 1 aromatic heterocycles. The molecule has 0 spiro atoms. The number of imidazole rings is 1. The molecular formula is C14H16FN3O4S. The van der Waals surface area contributed by atoms with Crippen molar-refractivity contribution >= 4 is 16.0 Å². The van der Waals surface area contributed by atoms with Crippen molar-refractivity contribution < 1.29 is 22.7 Å². The first-order chi connectivity index (χ1) is 10.8. The van der Waals surface area contributed by atoms with Gasteiger partial charge in [-0.3, -0.25) is 4.79 Å². The smallest absolute Gasteiger partial charge is 0.305 e. The highest BCUT2D eigenvalue weighted by Crippen LogP contribution is 2.22. The molecule has 0 saturated heterocycles. The summed E-state index contributed by atoms with van der Waals surface area (Å²) < 4.78 is 42.3. The number of carboxylic acids is 1. The Labute approximate surface area is 132 Å². The van der Waals surface area contributed by atoms with Crippen molar-refractivity contribution in [3.05, 3.63) is 48.2 Å². The summed E-state index contributed by atoms with van der Waals surface area (Å²) in [5, 5.41) is 8.72. The molecular weight excluding hydrogens is 325 g/mol. The first-order valence-electron chi connectivity index (χ1n) is 6.84. The van der Waals surface area contributed by atoms with Gasteiger partial charge in [-0.2, -0.15) is 0 Å². The summed E-state index contributed by atoms with van der Waals surface area (Å²) in [4.78, 5) is 14.8. The summed E-state index contributed by atoms with van der Waals surface area (Å²) >= 11 is 0. The average Bonchev–Trinajstić information content (AvgIpc) is 2.96. The predicted molar refractivity (Wildman–Crippen MR) is 79.6 cm³/mol. The van der Waals surface area contributed by atoms with E-state index in [1.807, 2.05) is 6.92 Å². The highest BCUT2D eigenvalue weighted by Gasteiger charge is 2.27. The molecule has 2 rings (SSSR count). The van der Waals surface area contributed by atoms with Gasteiger partial charge in [-0.1, -0.05) is 18.2 Å². The Balaban J connectivity index is 2.34. The van der Waals surface area contributed by atoms with E-state index < -0.39 is 34.3 Å². The lowest BCUT2D eigenvalue weighted by Gasteiger charge is -2.17. The zero-order chi connectivity index (χ0) is 17.0. The van der Waals surface area contributed by atoms with Gasteiger partial charge in [-0.05, 0) is 13.0 Å². The van der Waals surface area contributed by atoms with Crippen LogP contribution in [-0.4, -0.2) is 29.0 Å². The predicted octanol–water partition coefficient (Wildman–Crippen LogP) is 1.54. The van der Waals surface area contributed by atoms with Gasteiger partial charge in [0.05, 0.1) is 18.8 Å². The van der Waals surface area contributed by atoms with Gasteiger partial charge in [0, 0.05) is 18.3 Å². The average molecular weight is 341 g/mol. The molecule has 0 saturated carbocycles. The molecule has 23 heavy (non-hydrogen) atoms. The van der Waals surface area contributed by atoms with Gasteiger partial charge >= 0.3 is 5.97 Å². The molecule has 0 radical (unpaired) electrons. The van der Waals surface area contributed by atoms with E-state index >= 15 is 0 Å². The number of nitrogens with zero attached hydrogens (tertiary/aromatic N) is 2. The molecule has 1 unspecified atom stereocenters. The number of hydrogen-bond acceptors (Lipinski definition) is 4. The number of hydrogen-bond donors (Lipinski definition) is 2. The SMILES string of the molecule is CCn1cnc(S(=O)(=O)NC(CC(=O)O)c2ccccc2F)c1. The van der Waals surface area contributed by atoms with E-state index in [-0.39, 0.29) is 10.6 Å². The number of sulfonamides is 1. The maximum Gasteiger partial charge on any atom is 0.305 e. The summed E-state index contributed by atoms with van der Waals surface area (Å²) in [6.07, 6.45) is 2.08. The van der Waals surface area contributed by atoms with E-state index in [0.29, 0.717) is 6.54 Å². The monoisotopic (exact) mass is 341 g/mol. The standard InChI is InChI=1S/C14H16FN3O4S/c1-2-18-8-13(16-9-18)23(21,22)17-12(7-14(19)20)10-5-3-4-6-11(10)15/h3-6,8-9,12,17H,2,7H2,1H3,(H,19,20). The molecule has 0 aliphatic heterocycles. The third-order valence-corrected chi connectivity index (χ3v) is 4.56. The number of carbonyl (C=O) groups is 1. The van der Waals surface area contributed by atoms with Crippen molar-refractivity contribution in [2.45, 2.75) is 31.0 Å². The fourth-order valence-corrected chi connectivity index (χ4v) is 3.21. The van der Waals surface area contributed by atoms with Crippen LogP contribution < -0.4 is 4.72 Å². The lowest BCUT2D eigenvalue weighted by molar-refractivity contribution is -0.137. The van der Waals surface area contributed by atoms with Crippen LogP contribution in [0.25, 0.3) is 0 Å². The first kappa shape index (κ1) is 17.1. The van der Waals surface area contributed by atoms with Crippen molar-refractivity contribution in [1.82, 2.24) is 14.3 Å². The molecule has 1 atom stereocenters. The molecule has 7 nitrogen and oxygen atoms in total. The molecule has 0 aliphatic rings. The van der Waals surface area contributed by atoms with Gasteiger partial charge in [0.2, 0.25) is 0 Å². The van der Waals surface area contributed by atoms with Crippen molar-refractivity contribution in [3.63, 3.8) is 0 Å². The van der Waals surface area contributed by atoms with Crippen LogP contribution in [0.5, 0.6) is 0 Å². The van der Waals surface area contributed by atoms with E-state index in [0.717, 1.165) is 6.07 Å². The number of aliphatic carboxylic acids is 1. The lowest BCUT2D eigenvalue weighted by Crippen LogP contribution is -2.31. The maximum absolute atomic E-state index is 13.9. The number of halogens is 1. The second-order valence-electron chi connectivity index (χ2n) is 4.84. The molecule has 9 heteroatoms. The van der Waals surface area contributed by atoms with Crippen LogP contribution in [0.3, 0.4) is 0 Å².